The largest absolute Gasteiger partial charge is 0.394 e. The van der Waals surface area contributed by atoms with E-state index in [1.54, 1.807) is 30.3 Å². The van der Waals surface area contributed by atoms with Crippen molar-refractivity contribution in [1.82, 2.24) is 5.32 Å². The second-order valence-electron chi connectivity index (χ2n) is 3.17. The molecule has 6 nitrogen and oxygen atoms in total. The second-order valence-corrected chi connectivity index (χ2v) is 3.17. The molecule has 1 rings (SSSR count). The quantitative estimate of drug-likeness (QED) is 0.446. The highest BCUT2D eigenvalue weighted by atomic mass is 16.5. The Morgan fingerprint density at radius 3 is 2.38 bits per heavy atom. The van der Waals surface area contributed by atoms with Crippen LogP contribution >= 0.6 is 0 Å². The molecule has 0 aliphatic heterocycles. The second kappa shape index (κ2) is 6.06. The Hall–Kier alpha value is -1.63. The minimum absolute atomic E-state index is 0.556. The number of carbonyl (C=O) groups excluding carboxylic acids is 1. The van der Waals surface area contributed by atoms with Crippen LogP contribution < -0.4 is 10.6 Å². The van der Waals surface area contributed by atoms with Crippen molar-refractivity contribution in [2.24, 2.45) is 0 Å². The number of rotatable bonds is 4. The summed E-state index contributed by atoms with van der Waals surface area (Å²) >= 11 is 0. The van der Waals surface area contributed by atoms with E-state index >= 15 is 0 Å². The number of aliphatic hydroxyl groups excluding tert-OH is 2. The molecule has 0 bridgehead atoms. The SMILES string of the molecule is O=C(Nc1ccccc1)NC(CO)C(O)O. The fourth-order valence-electron chi connectivity index (χ4n) is 1.07. The van der Waals surface area contributed by atoms with Crippen LogP contribution in [0.4, 0.5) is 10.5 Å². The van der Waals surface area contributed by atoms with Gasteiger partial charge in [0.25, 0.3) is 0 Å². The number of nitrogens with one attached hydrogen (secondary N) is 2. The maximum absolute atomic E-state index is 11.3. The summed E-state index contributed by atoms with van der Waals surface area (Å²) in [5, 5.41) is 31.0. The lowest BCUT2D eigenvalue weighted by atomic mass is 10.3. The topological polar surface area (TPSA) is 102 Å². The Morgan fingerprint density at radius 2 is 1.88 bits per heavy atom. The van der Waals surface area contributed by atoms with Crippen LogP contribution in [0, 0.1) is 0 Å². The lowest BCUT2D eigenvalue weighted by Gasteiger charge is -2.18. The van der Waals surface area contributed by atoms with Gasteiger partial charge >= 0.3 is 6.03 Å². The van der Waals surface area contributed by atoms with Crippen molar-refractivity contribution < 1.29 is 20.1 Å². The zero-order chi connectivity index (χ0) is 12.0. The third-order valence-electron chi connectivity index (χ3n) is 1.90. The molecule has 0 fully saturated rings. The molecule has 1 atom stereocenters. The molecule has 0 saturated heterocycles. The molecule has 0 heterocycles. The number of benzene rings is 1. The molecule has 2 amide bonds. The van der Waals surface area contributed by atoms with Gasteiger partial charge in [0.2, 0.25) is 0 Å². The number of para-hydroxylation sites is 1. The number of carbonyl (C=O) groups is 1. The van der Waals surface area contributed by atoms with Gasteiger partial charge in [0.1, 0.15) is 6.04 Å². The zero-order valence-corrected chi connectivity index (χ0v) is 8.50. The molecular weight excluding hydrogens is 212 g/mol. The summed E-state index contributed by atoms with van der Waals surface area (Å²) in [6.45, 7) is -0.556. The Bertz CT molecular complexity index is 329. The average Bonchev–Trinajstić information content (AvgIpc) is 2.27. The fourth-order valence-corrected chi connectivity index (χ4v) is 1.07. The van der Waals surface area contributed by atoms with Crippen LogP contribution in [0.5, 0.6) is 0 Å². The number of urea groups is 1. The Labute approximate surface area is 92.5 Å². The van der Waals surface area contributed by atoms with Gasteiger partial charge in [-0.15, -0.1) is 0 Å². The van der Waals surface area contributed by atoms with Crippen LogP contribution in [0.15, 0.2) is 30.3 Å². The maximum Gasteiger partial charge on any atom is 0.319 e. The molecule has 1 unspecified atom stereocenters. The predicted octanol–water partition coefficient (Wildman–Crippen LogP) is -0.520. The molecule has 88 valence electrons. The minimum Gasteiger partial charge on any atom is -0.394 e. The number of hydrogen-bond acceptors (Lipinski definition) is 4. The molecule has 0 aliphatic carbocycles. The van der Waals surface area contributed by atoms with E-state index in [2.05, 4.69) is 10.6 Å². The van der Waals surface area contributed by atoms with Crippen LogP contribution in [-0.4, -0.2) is 40.3 Å². The molecule has 0 spiro atoms. The van der Waals surface area contributed by atoms with E-state index in [0.29, 0.717) is 5.69 Å². The smallest absolute Gasteiger partial charge is 0.319 e. The molecule has 0 saturated carbocycles. The monoisotopic (exact) mass is 226 g/mol. The molecular formula is C10H14N2O4. The van der Waals surface area contributed by atoms with E-state index < -0.39 is 25.0 Å². The van der Waals surface area contributed by atoms with Gasteiger partial charge in [-0.3, -0.25) is 0 Å². The summed E-state index contributed by atoms with van der Waals surface area (Å²) in [5.74, 6) is 0. The predicted molar refractivity (Wildman–Crippen MR) is 57.7 cm³/mol. The summed E-state index contributed by atoms with van der Waals surface area (Å²) in [6.07, 6.45) is -1.80. The molecule has 0 radical (unpaired) electrons. The van der Waals surface area contributed by atoms with E-state index in [9.17, 15) is 4.79 Å². The molecule has 0 aromatic heterocycles. The van der Waals surface area contributed by atoms with Crippen molar-refractivity contribution in [2.45, 2.75) is 12.3 Å². The lowest BCUT2D eigenvalue weighted by Crippen LogP contribution is -2.47. The first-order valence-corrected chi connectivity index (χ1v) is 4.73. The van der Waals surface area contributed by atoms with Gasteiger partial charge in [-0.1, -0.05) is 18.2 Å². The van der Waals surface area contributed by atoms with Crippen molar-refractivity contribution in [1.29, 1.82) is 0 Å². The van der Waals surface area contributed by atoms with Crippen molar-refractivity contribution in [3.8, 4) is 0 Å². The lowest BCUT2D eigenvalue weighted by molar-refractivity contribution is -0.0743. The van der Waals surface area contributed by atoms with Gasteiger partial charge in [0.15, 0.2) is 6.29 Å². The first-order chi connectivity index (χ1) is 7.63. The van der Waals surface area contributed by atoms with Crippen LogP contribution in [0.2, 0.25) is 0 Å². The molecule has 5 N–H and O–H groups in total. The molecule has 0 aliphatic rings. The van der Waals surface area contributed by atoms with Crippen LogP contribution in [0.25, 0.3) is 0 Å². The van der Waals surface area contributed by atoms with E-state index in [4.69, 9.17) is 15.3 Å². The van der Waals surface area contributed by atoms with Crippen molar-refractivity contribution >= 4 is 11.7 Å². The van der Waals surface area contributed by atoms with Gasteiger partial charge in [-0.05, 0) is 12.1 Å². The summed E-state index contributed by atoms with van der Waals surface area (Å²) < 4.78 is 0. The van der Waals surface area contributed by atoms with Crippen LogP contribution in [0.1, 0.15) is 0 Å². The summed E-state index contributed by atoms with van der Waals surface area (Å²) in [5.41, 5.74) is 0.573. The van der Waals surface area contributed by atoms with E-state index in [-0.39, 0.29) is 0 Å². The van der Waals surface area contributed by atoms with Crippen molar-refractivity contribution in [2.75, 3.05) is 11.9 Å². The van der Waals surface area contributed by atoms with Crippen LogP contribution in [0.3, 0.4) is 0 Å². The summed E-state index contributed by atoms with van der Waals surface area (Å²) in [6, 6.07) is 6.95. The van der Waals surface area contributed by atoms with Crippen molar-refractivity contribution in [3.05, 3.63) is 30.3 Å². The average molecular weight is 226 g/mol. The van der Waals surface area contributed by atoms with Crippen LogP contribution in [-0.2, 0) is 0 Å². The summed E-state index contributed by atoms with van der Waals surface area (Å²) in [4.78, 5) is 11.3. The Kier molecular flexibility index (Phi) is 4.71. The highest BCUT2D eigenvalue weighted by molar-refractivity contribution is 5.89. The number of hydrogen-bond donors (Lipinski definition) is 5. The fraction of sp³-hybridized carbons (Fsp3) is 0.300. The maximum atomic E-state index is 11.3. The van der Waals surface area contributed by atoms with E-state index in [1.807, 2.05) is 0 Å². The first kappa shape index (κ1) is 12.4. The van der Waals surface area contributed by atoms with Gasteiger partial charge in [0.05, 0.1) is 6.61 Å². The molecule has 1 aromatic carbocycles. The van der Waals surface area contributed by atoms with Gasteiger partial charge in [0, 0.05) is 5.69 Å². The highest BCUT2D eigenvalue weighted by Gasteiger charge is 2.17. The highest BCUT2D eigenvalue weighted by Crippen LogP contribution is 2.04. The Balaban J connectivity index is 2.47. The number of amides is 2. The first-order valence-electron chi connectivity index (χ1n) is 4.73. The minimum atomic E-state index is -1.80. The zero-order valence-electron chi connectivity index (χ0n) is 8.50. The summed E-state index contributed by atoms with van der Waals surface area (Å²) in [7, 11) is 0. The van der Waals surface area contributed by atoms with Crippen molar-refractivity contribution in [3.63, 3.8) is 0 Å². The number of anilines is 1. The van der Waals surface area contributed by atoms with Gasteiger partial charge < -0.3 is 26.0 Å². The normalized spacial score (nSPS) is 12.2. The third kappa shape index (κ3) is 3.85. The Morgan fingerprint density at radius 1 is 1.25 bits per heavy atom. The van der Waals surface area contributed by atoms with Gasteiger partial charge in [-0.2, -0.15) is 0 Å². The molecule has 1 aromatic rings. The third-order valence-corrected chi connectivity index (χ3v) is 1.90. The van der Waals surface area contributed by atoms with E-state index in [1.165, 1.54) is 0 Å². The van der Waals surface area contributed by atoms with E-state index in [0.717, 1.165) is 0 Å². The standard InChI is InChI=1S/C10H14N2O4/c13-6-8(9(14)15)12-10(16)11-7-4-2-1-3-5-7/h1-5,8-9,13-15H,6H2,(H2,11,12,16). The number of aliphatic hydroxyl groups is 3. The van der Waals surface area contributed by atoms with Gasteiger partial charge in [-0.25, -0.2) is 4.79 Å². The molecule has 6 heteroatoms. The molecule has 16 heavy (non-hydrogen) atoms.